The zero-order chi connectivity index (χ0) is 22.6. The average Bonchev–Trinajstić information content (AvgIpc) is 3.04. The van der Waals surface area contributed by atoms with E-state index < -0.39 is 0 Å². The van der Waals surface area contributed by atoms with Crippen LogP contribution in [-0.4, -0.2) is 5.78 Å². The highest BCUT2D eigenvalue weighted by molar-refractivity contribution is 5.95. The van der Waals surface area contributed by atoms with Crippen molar-refractivity contribution in [3.05, 3.63) is 24.3 Å². The average molecular weight is 423 g/mol. The van der Waals surface area contributed by atoms with E-state index in [1.165, 1.54) is 56.9 Å². The minimum absolute atomic E-state index is 0.155. The van der Waals surface area contributed by atoms with E-state index in [9.17, 15) is 4.79 Å². The summed E-state index contributed by atoms with van der Waals surface area (Å²) in [6.45, 7) is 21.7. The molecule has 1 nitrogen and oxygen atoms in total. The quantitative estimate of drug-likeness (QED) is 0.391. The fourth-order valence-electron chi connectivity index (χ4n) is 10.8. The van der Waals surface area contributed by atoms with Crippen molar-refractivity contribution in [3.8, 4) is 0 Å². The number of ketones is 1. The predicted octanol–water partition coefficient (Wildman–Crippen LogP) is 8.01. The SMILES string of the molecule is C=C(C)[C@@H]1CC[C@]2(C)CC[C@]3(C)[C@@H](CC[C@H]4[C@]5(C)C=CC(=O)C(C)(C)[C@H]5CC[C@@]43C)[C@@H]12. The first kappa shape index (κ1) is 22.0. The van der Waals surface area contributed by atoms with Crippen LogP contribution in [-0.2, 0) is 4.79 Å². The second-order valence-corrected chi connectivity index (χ2v) is 14.1. The molecular weight excluding hydrogens is 376 g/mol. The van der Waals surface area contributed by atoms with E-state index in [0.29, 0.717) is 33.9 Å². The Balaban J connectivity index is 1.57. The normalized spacial score (nSPS) is 55.1. The van der Waals surface area contributed by atoms with E-state index in [-0.39, 0.29) is 10.8 Å². The van der Waals surface area contributed by atoms with Gasteiger partial charge in [-0.3, -0.25) is 4.79 Å². The van der Waals surface area contributed by atoms with Gasteiger partial charge in [0.25, 0.3) is 0 Å². The van der Waals surface area contributed by atoms with Gasteiger partial charge in [0.15, 0.2) is 5.78 Å². The number of carbonyl (C=O) groups is 1. The van der Waals surface area contributed by atoms with E-state index in [2.05, 4.69) is 61.1 Å². The number of carbonyl (C=O) groups excluding carboxylic acids is 1. The summed E-state index contributed by atoms with van der Waals surface area (Å²) in [4.78, 5) is 12.8. The van der Waals surface area contributed by atoms with Gasteiger partial charge in [0.05, 0.1) is 0 Å². The third-order valence-corrected chi connectivity index (χ3v) is 12.8. The van der Waals surface area contributed by atoms with Crippen molar-refractivity contribution in [2.45, 2.75) is 99.8 Å². The minimum Gasteiger partial charge on any atom is -0.294 e. The maximum atomic E-state index is 12.8. The van der Waals surface area contributed by atoms with Crippen LogP contribution in [0, 0.1) is 56.7 Å². The van der Waals surface area contributed by atoms with Crippen molar-refractivity contribution in [1.82, 2.24) is 0 Å². The van der Waals surface area contributed by atoms with Crippen molar-refractivity contribution < 1.29 is 4.79 Å². The molecule has 4 fully saturated rings. The van der Waals surface area contributed by atoms with Crippen LogP contribution in [0.2, 0.25) is 0 Å². The molecule has 0 unspecified atom stereocenters. The topological polar surface area (TPSA) is 17.1 Å². The maximum absolute atomic E-state index is 12.8. The van der Waals surface area contributed by atoms with Gasteiger partial charge in [-0.15, -0.1) is 0 Å². The molecule has 0 spiro atoms. The molecule has 4 saturated carbocycles. The smallest absolute Gasteiger partial charge is 0.161 e. The van der Waals surface area contributed by atoms with Crippen molar-refractivity contribution >= 4 is 5.78 Å². The molecule has 1 heteroatoms. The summed E-state index contributed by atoms with van der Waals surface area (Å²) in [5.74, 6) is 3.91. The van der Waals surface area contributed by atoms with Crippen LogP contribution in [0.3, 0.4) is 0 Å². The van der Waals surface area contributed by atoms with Gasteiger partial charge >= 0.3 is 0 Å². The monoisotopic (exact) mass is 422 g/mol. The Morgan fingerprint density at radius 2 is 1.58 bits per heavy atom. The molecule has 172 valence electrons. The summed E-state index contributed by atoms with van der Waals surface area (Å²) in [5, 5.41) is 0. The predicted molar refractivity (Wildman–Crippen MR) is 130 cm³/mol. The molecule has 0 radical (unpaired) electrons. The van der Waals surface area contributed by atoms with Gasteiger partial charge in [0.1, 0.15) is 0 Å². The van der Waals surface area contributed by atoms with Crippen molar-refractivity contribution in [1.29, 1.82) is 0 Å². The van der Waals surface area contributed by atoms with Gasteiger partial charge in [0, 0.05) is 5.41 Å². The summed E-state index contributed by atoms with van der Waals surface area (Å²) in [5.41, 5.74) is 2.68. The highest BCUT2D eigenvalue weighted by Gasteiger charge is 2.69. The Labute approximate surface area is 191 Å². The van der Waals surface area contributed by atoms with Crippen LogP contribution in [0.5, 0.6) is 0 Å². The molecule has 0 aliphatic heterocycles. The van der Waals surface area contributed by atoms with E-state index in [1.807, 2.05) is 6.08 Å². The zero-order valence-corrected chi connectivity index (χ0v) is 21.3. The van der Waals surface area contributed by atoms with Gasteiger partial charge in [-0.1, -0.05) is 59.8 Å². The third-order valence-electron chi connectivity index (χ3n) is 12.8. The molecule has 0 aromatic carbocycles. The fraction of sp³-hybridized carbons (Fsp3) is 0.833. The number of hydrogen-bond acceptors (Lipinski definition) is 1. The van der Waals surface area contributed by atoms with Crippen molar-refractivity contribution in [3.63, 3.8) is 0 Å². The van der Waals surface area contributed by atoms with Crippen LogP contribution in [0.15, 0.2) is 24.3 Å². The molecule has 5 aliphatic rings. The molecular formula is C30H46O. The minimum atomic E-state index is -0.218. The summed E-state index contributed by atoms with van der Waals surface area (Å²) in [6, 6.07) is 0. The second kappa shape index (κ2) is 6.38. The lowest BCUT2D eigenvalue weighted by molar-refractivity contribution is -0.216. The number of hydrogen-bond donors (Lipinski definition) is 0. The Hall–Kier alpha value is -0.850. The standard InChI is InChI=1S/C30H46O/c1-19(2)20-11-14-27(5)17-18-29(7)21(25(20)27)9-10-23-28(6)15-13-24(31)26(3,4)22(28)12-16-30(23,29)8/h13,15,20-23,25H,1,9-12,14,16-18H2,2-8H3/t20-,21-,22+,23-,25+,27+,28+,29+,30-/m0/s1. The zero-order valence-electron chi connectivity index (χ0n) is 21.3. The molecule has 0 aromatic heterocycles. The lowest BCUT2D eigenvalue weighted by Gasteiger charge is -2.71. The number of allylic oxidation sites excluding steroid dienone is 3. The summed E-state index contributed by atoms with van der Waals surface area (Å²) >= 11 is 0. The molecule has 0 amide bonds. The van der Waals surface area contributed by atoms with Crippen molar-refractivity contribution in [2.75, 3.05) is 0 Å². The largest absolute Gasteiger partial charge is 0.294 e. The molecule has 9 atom stereocenters. The van der Waals surface area contributed by atoms with E-state index in [4.69, 9.17) is 0 Å². The highest BCUT2D eigenvalue weighted by atomic mass is 16.1. The molecule has 0 aromatic rings. The summed E-state index contributed by atoms with van der Waals surface area (Å²) in [6.07, 6.45) is 15.1. The number of rotatable bonds is 1. The maximum Gasteiger partial charge on any atom is 0.161 e. The molecule has 0 bridgehead atoms. The first-order valence-corrected chi connectivity index (χ1v) is 13.2. The van der Waals surface area contributed by atoms with Gasteiger partial charge in [0.2, 0.25) is 0 Å². The lowest BCUT2D eigenvalue weighted by Crippen LogP contribution is -2.65. The third kappa shape index (κ3) is 2.53. The van der Waals surface area contributed by atoms with Crippen molar-refractivity contribution in [2.24, 2.45) is 56.7 Å². The Bertz CT molecular complexity index is 848. The molecule has 0 N–H and O–H groups in total. The van der Waals surface area contributed by atoms with Gasteiger partial charge in [-0.2, -0.15) is 0 Å². The van der Waals surface area contributed by atoms with Gasteiger partial charge in [-0.25, -0.2) is 0 Å². The van der Waals surface area contributed by atoms with Crippen LogP contribution < -0.4 is 0 Å². The Kier molecular flexibility index (Phi) is 4.52. The summed E-state index contributed by atoms with van der Waals surface area (Å²) < 4.78 is 0. The van der Waals surface area contributed by atoms with Crippen LogP contribution >= 0.6 is 0 Å². The van der Waals surface area contributed by atoms with Crippen LogP contribution in [0.1, 0.15) is 99.8 Å². The highest BCUT2D eigenvalue weighted by Crippen LogP contribution is 2.76. The summed E-state index contributed by atoms with van der Waals surface area (Å²) in [7, 11) is 0. The molecule has 5 rings (SSSR count). The Morgan fingerprint density at radius 3 is 2.26 bits per heavy atom. The Morgan fingerprint density at radius 1 is 0.871 bits per heavy atom. The van der Waals surface area contributed by atoms with E-state index >= 15 is 0 Å². The molecule has 0 heterocycles. The van der Waals surface area contributed by atoms with Crippen LogP contribution in [0.4, 0.5) is 0 Å². The lowest BCUT2D eigenvalue weighted by atomic mass is 9.33. The fourth-order valence-corrected chi connectivity index (χ4v) is 10.8. The molecule has 5 aliphatic carbocycles. The first-order valence-electron chi connectivity index (χ1n) is 13.2. The van der Waals surface area contributed by atoms with E-state index in [0.717, 1.165) is 17.8 Å². The van der Waals surface area contributed by atoms with E-state index in [1.54, 1.807) is 0 Å². The molecule has 0 saturated heterocycles. The number of fused-ring (bicyclic) bond motifs is 7. The van der Waals surface area contributed by atoms with Gasteiger partial charge in [-0.05, 0) is 116 Å². The molecule has 31 heavy (non-hydrogen) atoms. The van der Waals surface area contributed by atoms with Crippen LogP contribution in [0.25, 0.3) is 0 Å². The first-order chi connectivity index (χ1) is 14.3. The van der Waals surface area contributed by atoms with Gasteiger partial charge < -0.3 is 0 Å². The second-order valence-electron chi connectivity index (χ2n) is 14.1.